The van der Waals surface area contributed by atoms with Crippen molar-refractivity contribution in [2.24, 2.45) is 5.73 Å². The van der Waals surface area contributed by atoms with Crippen LogP contribution in [0.25, 0.3) is 0 Å². The first kappa shape index (κ1) is 24.3. The summed E-state index contributed by atoms with van der Waals surface area (Å²) in [5.74, 6) is 0.762. The molecule has 3 aromatic carbocycles. The number of nitrogens with two attached hydrogens (primary N) is 1. The second kappa shape index (κ2) is 10.7. The first-order valence-corrected chi connectivity index (χ1v) is 12.4. The van der Waals surface area contributed by atoms with Gasteiger partial charge in [0.15, 0.2) is 11.5 Å². The van der Waals surface area contributed by atoms with E-state index in [4.69, 9.17) is 20.5 Å². The van der Waals surface area contributed by atoms with E-state index in [1.807, 2.05) is 29.2 Å². The summed E-state index contributed by atoms with van der Waals surface area (Å²) in [5, 5.41) is 12.1. The Hall–Kier alpha value is -4.35. The molecular formula is C29H28N4O4. The summed E-state index contributed by atoms with van der Waals surface area (Å²) in [6.07, 6.45) is 3.33. The van der Waals surface area contributed by atoms with Crippen LogP contribution in [0.15, 0.2) is 66.7 Å². The number of nitriles is 1. The molecule has 1 fully saturated rings. The molecule has 3 aromatic rings. The quantitative estimate of drug-likeness (QED) is 0.521. The zero-order valence-electron chi connectivity index (χ0n) is 20.4. The van der Waals surface area contributed by atoms with Crippen molar-refractivity contribution in [1.29, 1.82) is 5.26 Å². The molecule has 1 saturated carbocycles. The topological polar surface area (TPSA) is 118 Å². The van der Waals surface area contributed by atoms with Crippen LogP contribution in [0.3, 0.4) is 0 Å². The number of ether oxygens (including phenoxy) is 2. The molecule has 1 aliphatic heterocycles. The molecule has 1 aliphatic carbocycles. The average molecular weight is 497 g/mol. The summed E-state index contributed by atoms with van der Waals surface area (Å²) in [4.78, 5) is 28.6. The average Bonchev–Trinajstić information content (AvgIpc) is 3.41. The summed E-state index contributed by atoms with van der Waals surface area (Å²) in [6.45, 7) is 0.467. The molecule has 0 unspecified atom stereocenters. The molecule has 2 aliphatic rings. The van der Waals surface area contributed by atoms with Crippen LogP contribution in [0.5, 0.6) is 11.5 Å². The Balaban J connectivity index is 1.39. The van der Waals surface area contributed by atoms with Crippen molar-refractivity contribution in [2.75, 3.05) is 12.1 Å². The lowest BCUT2D eigenvalue weighted by Crippen LogP contribution is -2.44. The van der Waals surface area contributed by atoms with Crippen molar-refractivity contribution in [1.82, 2.24) is 4.90 Å². The van der Waals surface area contributed by atoms with Gasteiger partial charge in [-0.2, -0.15) is 5.26 Å². The Kier molecular flexibility index (Phi) is 7.06. The van der Waals surface area contributed by atoms with Crippen LogP contribution in [0.2, 0.25) is 0 Å². The summed E-state index contributed by atoms with van der Waals surface area (Å²) < 4.78 is 10.7. The van der Waals surface area contributed by atoms with Crippen LogP contribution in [0.1, 0.15) is 57.5 Å². The fourth-order valence-corrected chi connectivity index (χ4v) is 4.83. The van der Waals surface area contributed by atoms with Gasteiger partial charge in [0.1, 0.15) is 0 Å². The SMILES string of the molecule is N#Cc1ccc(C(=O)N(Cc2ccccc2NC(=O)c2ccc3c(c2)OCO3)C2CCC(N)CC2)cc1. The Morgan fingerprint density at radius 1 is 0.946 bits per heavy atom. The van der Waals surface area contributed by atoms with E-state index < -0.39 is 0 Å². The Morgan fingerprint density at radius 2 is 1.65 bits per heavy atom. The number of hydrogen-bond donors (Lipinski definition) is 2. The maximum absolute atomic E-state index is 13.7. The predicted octanol–water partition coefficient (Wildman–Crippen LogP) is 4.45. The Morgan fingerprint density at radius 3 is 2.41 bits per heavy atom. The van der Waals surface area contributed by atoms with Crippen molar-refractivity contribution in [2.45, 2.75) is 44.3 Å². The van der Waals surface area contributed by atoms with E-state index in [-0.39, 0.29) is 30.7 Å². The van der Waals surface area contributed by atoms with E-state index in [9.17, 15) is 9.59 Å². The van der Waals surface area contributed by atoms with E-state index >= 15 is 0 Å². The highest BCUT2D eigenvalue weighted by molar-refractivity contribution is 6.05. The summed E-state index contributed by atoms with van der Waals surface area (Å²) in [5.41, 5.74) is 9.08. The minimum atomic E-state index is -0.278. The van der Waals surface area contributed by atoms with Crippen LogP contribution in [0.4, 0.5) is 5.69 Å². The molecule has 3 N–H and O–H groups in total. The van der Waals surface area contributed by atoms with Crippen LogP contribution in [-0.4, -0.2) is 35.6 Å². The molecule has 188 valence electrons. The third-order valence-corrected chi connectivity index (χ3v) is 6.94. The lowest BCUT2D eigenvalue weighted by Gasteiger charge is -2.36. The normalized spacial score (nSPS) is 18.1. The highest BCUT2D eigenvalue weighted by Gasteiger charge is 2.29. The van der Waals surface area contributed by atoms with Gasteiger partial charge in [-0.25, -0.2) is 0 Å². The number of carbonyl (C=O) groups is 2. The molecule has 2 amide bonds. The van der Waals surface area contributed by atoms with Gasteiger partial charge >= 0.3 is 0 Å². The van der Waals surface area contributed by atoms with E-state index in [1.165, 1.54) is 0 Å². The largest absolute Gasteiger partial charge is 0.454 e. The van der Waals surface area contributed by atoms with Gasteiger partial charge in [0.25, 0.3) is 11.8 Å². The van der Waals surface area contributed by atoms with E-state index in [1.54, 1.807) is 42.5 Å². The number of benzene rings is 3. The van der Waals surface area contributed by atoms with Crippen molar-refractivity contribution in [3.05, 3.63) is 89.0 Å². The summed E-state index contributed by atoms with van der Waals surface area (Å²) in [6, 6.07) is 21.5. The van der Waals surface area contributed by atoms with E-state index in [0.29, 0.717) is 40.4 Å². The highest BCUT2D eigenvalue weighted by atomic mass is 16.7. The third kappa shape index (κ3) is 5.42. The second-order valence-corrected chi connectivity index (χ2v) is 9.37. The van der Waals surface area contributed by atoms with Crippen LogP contribution in [-0.2, 0) is 6.54 Å². The summed E-state index contributed by atoms with van der Waals surface area (Å²) in [7, 11) is 0. The molecule has 0 atom stereocenters. The van der Waals surface area contributed by atoms with Crippen LogP contribution >= 0.6 is 0 Å². The third-order valence-electron chi connectivity index (χ3n) is 6.94. The molecular weight excluding hydrogens is 468 g/mol. The van der Waals surface area contributed by atoms with Crippen molar-refractivity contribution >= 4 is 17.5 Å². The number of hydrogen-bond acceptors (Lipinski definition) is 6. The zero-order chi connectivity index (χ0) is 25.8. The van der Waals surface area contributed by atoms with E-state index in [0.717, 1.165) is 31.2 Å². The van der Waals surface area contributed by atoms with Gasteiger partial charge in [-0.05, 0) is 79.8 Å². The van der Waals surface area contributed by atoms with Crippen molar-refractivity contribution in [3.8, 4) is 17.6 Å². The molecule has 8 heteroatoms. The lowest BCUT2D eigenvalue weighted by atomic mass is 9.90. The minimum absolute atomic E-state index is 0.0283. The number of amides is 2. The molecule has 0 aromatic heterocycles. The maximum atomic E-state index is 13.7. The van der Waals surface area contributed by atoms with Gasteiger partial charge in [-0.15, -0.1) is 0 Å². The van der Waals surface area contributed by atoms with Gasteiger partial charge in [0.05, 0.1) is 11.6 Å². The molecule has 0 spiro atoms. The monoisotopic (exact) mass is 496 g/mol. The fourth-order valence-electron chi connectivity index (χ4n) is 4.83. The smallest absolute Gasteiger partial charge is 0.255 e. The number of para-hydroxylation sites is 1. The molecule has 0 radical (unpaired) electrons. The first-order chi connectivity index (χ1) is 18.0. The van der Waals surface area contributed by atoms with Gasteiger partial charge in [0.2, 0.25) is 6.79 Å². The molecule has 8 nitrogen and oxygen atoms in total. The van der Waals surface area contributed by atoms with Crippen molar-refractivity contribution < 1.29 is 19.1 Å². The van der Waals surface area contributed by atoms with Crippen LogP contribution < -0.4 is 20.5 Å². The van der Waals surface area contributed by atoms with Crippen LogP contribution in [0, 0.1) is 11.3 Å². The van der Waals surface area contributed by atoms with Gasteiger partial charge < -0.3 is 25.4 Å². The maximum Gasteiger partial charge on any atom is 0.255 e. The van der Waals surface area contributed by atoms with Gasteiger partial charge in [0, 0.05) is 35.4 Å². The van der Waals surface area contributed by atoms with Crippen molar-refractivity contribution in [3.63, 3.8) is 0 Å². The standard InChI is InChI=1S/C29H28N4O4/c30-16-19-5-7-20(8-6-19)29(35)33(24-12-10-23(31)11-13-24)17-22-3-1-2-4-25(22)32-28(34)21-9-14-26-27(15-21)37-18-36-26/h1-9,14-15,23-24H,10-13,17-18,31H2,(H,32,34). The molecule has 0 bridgehead atoms. The predicted molar refractivity (Wildman–Crippen MR) is 138 cm³/mol. The van der Waals surface area contributed by atoms with Gasteiger partial charge in [-0.3, -0.25) is 9.59 Å². The highest BCUT2D eigenvalue weighted by Crippen LogP contribution is 2.33. The molecule has 37 heavy (non-hydrogen) atoms. The fraction of sp³-hybridized carbons (Fsp3) is 0.276. The number of rotatable bonds is 6. The number of fused-ring (bicyclic) bond motifs is 1. The molecule has 0 saturated heterocycles. The number of carbonyl (C=O) groups excluding carboxylic acids is 2. The molecule has 5 rings (SSSR count). The van der Waals surface area contributed by atoms with Gasteiger partial charge in [-0.1, -0.05) is 18.2 Å². The number of nitrogens with zero attached hydrogens (tertiary/aromatic N) is 2. The lowest BCUT2D eigenvalue weighted by molar-refractivity contribution is 0.0607. The number of anilines is 1. The van der Waals surface area contributed by atoms with E-state index in [2.05, 4.69) is 11.4 Å². The minimum Gasteiger partial charge on any atom is -0.454 e. The number of nitrogens with one attached hydrogen (secondary N) is 1. The Bertz CT molecular complexity index is 1340. The Labute approximate surface area is 215 Å². The second-order valence-electron chi connectivity index (χ2n) is 9.37. The summed E-state index contributed by atoms with van der Waals surface area (Å²) >= 11 is 0. The zero-order valence-corrected chi connectivity index (χ0v) is 20.4. The molecule has 1 heterocycles. The first-order valence-electron chi connectivity index (χ1n) is 12.4.